The van der Waals surface area contributed by atoms with Crippen molar-refractivity contribution in [3.05, 3.63) is 12.2 Å². The van der Waals surface area contributed by atoms with E-state index in [-0.39, 0.29) is 6.33 Å². The third kappa shape index (κ3) is 1.84. The summed E-state index contributed by atoms with van der Waals surface area (Å²) in [6, 6.07) is 0. The van der Waals surface area contributed by atoms with Crippen molar-refractivity contribution >= 4 is 0 Å². The van der Waals surface area contributed by atoms with Gasteiger partial charge < -0.3 is 5.11 Å². The van der Waals surface area contributed by atoms with Gasteiger partial charge in [0, 0.05) is 0 Å². The Morgan fingerprint density at radius 2 is 2.33 bits per heavy atom. The van der Waals surface area contributed by atoms with Crippen molar-refractivity contribution < 1.29 is 13.9 Å². The van der Waals surface area contributed by atoms with E-state index < -0.39 is 12.4 Å². The van der Waals surface area contributed by atoms with Gasteiger partial charge in [-0.3, -0.25) is 0 Å². The van der Waals surface area contributed by atoms with Gasteiger partial charge in [0.2, 0.25) is 0 Å². The minimum Gasteiger partial charge on any atom is -0.389 e. The van der Waals surface area contributed by atoms with Gasteiger partial charge in [-0.2, -0.15) is 0 Å². The highest BCUT2D eigenvalue weighted by molar-refractivity contribution is 4.82. The van der Waals surface area contributed by atoms with E-state index in [1.807, 2.05) is 0 Å². The first-order valence-electron chi connectivity index (χ1n) is 1.37. The molecule has 3 heteroatoms. The molecule has 0 amide bonds. The first kappa shape index (κ1) is 5.56. The van der Waals surface area contributed by atoms with Crippen LogP contribution in [-0.4, -0.2) is 11.7 Å². The van der Waals surface area contributed by atoms with Crippen LogP contribution in [-0.2, 0) is 0 Å². The molecule has 1 N–H and O–H groups in total. The van der Waals surface area contributed by atoms with Crippen molar-refractivity contribution in [1.29, 1.82) is 0 Å². The zero-order chi connectivity index (χ0) is 4.99. The number of aliphatic hydroxyl groups is 1. The molecular formula is C3H4F2O. The lowest BCUT2D eigenvalue weighted by Crippen LogP contribution is -1.77. The lowest BCUT2D eigenvalue weighted by molar-refractivity contribution is 0.294. The zero-order valence-electron chi connectivity index (χ0n) is 2.99. The van der Waals surface area contributed by atoms with Gasteiger partial charge >= 0.3 is 0 Å². The van der Waals surface area contributed by atoms with Crippen LogP contribution in [0.5, 0.6) is 0 Å². The largest absolute Gasteiger partial charge is 0.389 e. The van der Waals surface area contributed by atoms with Crippen LogP contribution in [0.2, 0.25) is 0 Å². The van der Waals surface area contributed by atoms with Gasteiger partial charge in [0.05, 0.1) is 6.61 Å². The highest BCUT2D eigenvalue weighted by Crippen LogP contribution is 1.90. The predicted molar refractivity (Wildman–Crippen MR) is 17.4 cm³/mol. The standard InChI is InChI=1S/C3H4F2O/c4-1-3(5)2-6/h1,6H,2H2/b3-1+. The van der Waals surface area contributed by atoms with Crippen LogP contribution in [0.25, 0.3) is 0 Å². The maximum atomic E-state index is 11.1. The van der Waals surface area contributed by atoms with Crippen LogP contribution < -0.4 is 0 Å². The molecule has 0 spiro atoms. The lowest BCUT2D eigenvalue weighted by Gasteiger charge is -1.77. The molecule has 0 aromatic carbocycles. The monoisotopic (exact) mass is 94.0 g/mol. The summed E-state index contributed by atoms with van der Waals surface area (Å²) in [6.45, 7) is -0.851. The molecule has 6 heavy (non-hydrogen) atoms. The average molecular weight is 94.1 g/mol. The molecule has 36 valence electrons. The van der Waals surface area contributed by atoms with Crippen molar-refractivity contribution in [2.24, 2.45) is 0 Å². The van der Waals surface area contributed by atoms with E-state index in [1.54, 1.807) is 0 Å². The topological polar surface area (TPSA) is 20.2 Å². The van der Waals surface area contributed by atoms with Crippen LogP contribution >= 0.6 is 0 Å². The summed E-state index contributed by atoms with van der Waals surface area (Å²) in [5.41, 5.74) is 0. The van der Waals surface area contributed by atoms with Gasteiger partial charge in [-0.1, -0.05) is 0 Å². The highest BCUT2D eigenvalue weighted by Gasteiger charge is 1.83. The summed E-state index contributed by atoms with van der Waals surface area (Å²) in [4.78, 5) is 0. The Labute approximate surface area is 33.9 Å². The van der Waals surface area contributed by atoms with Crippen LogP contribution in [0, 0.1) is 0 Å². The van der Waals surface area contributed by atoms with Gasteiger partial charge in [-0.25, -0.2) is 8.78 Å². The average Bonchev–Trinajstić information content (AvgIpc) is 1.65. The molecule has 0 fully saturated rings. The molecule has 0 unspecified atom stereocenters. The van der Waals surface area contributed by atoms with E-state index in [9.17, 15) is 8.78 Å². The minimum atomic E-state index is -1.14. The zero-order valence-corrected chi connectivity index (χ0v) is 2.99. The Kier molecular flexibility index (Phi) is 2.58. The fourth-order valence-electron chi connectivity index (χ4n) is 0.0345. The normalized spacial score (nSPS) is 12.2. The van der Waals surface area contributed by atoms with Crippen molar-refractivity contribution in [2.75, 3.05) is 6.61 Å². The summed E-state index contributed by atoms with van der Waals surface area (Å²) in [5, 5.41) is 7.65. The van der Waals surface area contributed by atoms with Gasteiger partial charge in [-0.05, 0) is 0 Å². The quantitative estimate of drug-likeness (QED) is 0.508. The van der Waals surface area contributed by atoms with E-state index in [2.05, 4.69) is 0 Å². The smallest absolute Gasteiger partial charge is 0.153 e. The fraction of sp³-hybridized carbons (Fsp3) is 0.333. The summed E-state index contributed by atoms with van der Waals surface area (Å²) in [7, 11) is 0. The fourth-order valence-corrected chi connectivity index (χ4v) is 0.0345. The molecule has 0 rings (SSSR count). The number of halogens is 2. The van der Waals surface area contributed by atoms with Crippen LogP contribution in [0.15, 0.2) is 12.2 Å². The Bertz CT molecular complexity index is 59.8. The first-order chi connectivity index (χ1) is 2.81. The van der Waals surface area contributed by atoms with Crippen molar-refractivity contribution in [3.63, 3.8) is 0 Å². The van der Waals surface area contributed by atoms with Crippen molar-refractivity contribution in [1.82, 2.24) is 0 Å². The second-order valence-corrected chi connectivity index (χ2v) is 0.714. The Balaban J connectivity index is 3.22. The molecule has 0 atom stereocenters. The highest BCUT2D eigenvalue weighted by atomic mass is 19.2. The van der Waals surface area contributed by atoms with Crippen molar-refractivity contribution in [3.8, 4) is 0 Å². The van der Waals surface area contributed by atoms with Crippen LogP contribution in [0.1, 0.15) is 0 Å². The maximum absolute atomic E-state index is 11.1. The molecule has 0 saturated heterocycles. The molecule has 0 aromatic heterocycles. The van der Waals surface area contributed by atoms with E-state index >= 15 is 0 Å². The molecule has 0 aliphatic heterocycles. The summed E-state index contributed by atoms with van der Waals surface area (Å²) >= 11 is 0. The maximum Gasteiger partial charge on any atom is 0.153 e. The number of hydrogen-bond donors (Lipinski definition) is 1. The van der Waals surface area contributed by atoms with E-state index in [1.165, 1.54) is 0 Å². The molecule has 0 aliphatic rings. The summed E-state index contributed by atoms with van der Waals surface area (Å²) in [5.74, 6) is -1.14. The second kappa shape index (κ2) is 2.78. The molecular weight excluding hydrogens is 90.0 g/mol. The summed E-state index contributed by atoms with van der Waals surface area (Å²) < 4.78 is 21.8. The Morgan fingerprint density at radius 3 is 2.33 bits per heavy atom. The van der Waals surface area contributed by atoms with E-state index in [0.29, 0.717) is 0 Å². The molecule has 0 bridgehead atoms. The molecule has 0 aromatic rings. The molecule has 0 aliphatic carbocycles. The molecule has 0 heterocycles. The molecule has 0 radical (unpaired) electrons. The second-order valence-electron chi connectivity index (χ2n) is 0.714. The Morgan fingerprint density at radius 1 is 1.83 bits per heavy atom. The molecule has 1 nitrogen and oxygen atoms in total. The lowest BCUT2D eigenvalue weighted by atomic mass is 10.6. The van der Waals surface area contributed by atoms with Gasteiger partial charge in [0.25, 0.3) is 0 Å². The van der Waals surface area contributed by atoms with Gasteiger partial charge in [0.1, 0.15) is 6.33 Å². The number of hydrogen-bond acceptors (Lipinski definition) is 1. The third-order valence-corrected chi connectivity index (χ3v) is 0.269. The number of aliphatic hydroxyl groups excluding tert-OH is 1. The molecule has 0 saturated carbocycles. The van der Waals surface area contributed by atoms with Crippen LogP contribution in [0.4, 0.5) is 8.78 Å². The Hall–Kier alpha value is -0.440. The van der Waals surface area contributed by atoms with Gasteiger partial charge in [0.15, 0.2) is 5.83 Å². The predicted octanol–water partition coefficient (Wildman–Crippen LogP) is 0.759. The van der Waals surface area contributed by atoms with Gasteiger partial charge in [-0.15, -0.1) is 0 Å². The van der Waals surface area contributed by atoms with Crippen LogP contribution in [0.3, 0.4) is 0 Å². The number of rotatable bonds is 1. The SMILES string of the molecule is OC/C(F)=C\F. The van der Waals surface area contributed by atoms with E-state index in [4.69, 9.17) is 5.11 Å². The summed E-state index contributed by atoms with van der Waals surface area (Å²) in [6.07, 6.45) is -0.278. The van der Waals surface area contributed by atoms with E-state index in [0.717, 1.165) is 0 Å². The minimum absolute atomic E-state index is 0.278. The first-order valence-corrected chi connectivity index (χ1v) is 1.37. The third-order valence-electron chi connectivity index (χ3n) is 0.269. The van der Waals surface area contributed by atoms with Crippen molar-refractivity contribution in [2.45, 2.75) is 0 Å².